The van der Waals surface area contributed by atoms with Crippen LogP contribution in [0.15, 0.2) is 30.3 Å². The van der Waals surface area contributed by atoms with Crippen LogP contribution in [0.2, 0.25) is 0 Å². The van der Waals surface area contributed by atoms with E-state index in [0.717, 1.165) is 25.2 Å². The van der Waals surface area contributed by atoms with Crippen LogP contribution in [0, 0.1) is 0 Å². The van der Waals surface area contributed by atoms with Gasteiger partial charge in [0.05, 0.1) is 0 Å². The van der Waals surface area contributed by atoms with Crippen molar-refractivity contribution in [3.8, 4) is 0 Å². The summed E-state index contributed by atoms with van der Waals surface area (Å²) in [4.78, 5) is 24.9. The number of benzene rings is 1. The number of piperazine rings is 1. The van der Waals surface area contributed by atoms with Gasteiger partial charge >= 0.3 is 18.2 Å². The molecule has 1 amide bonds. The van der Waals surface area contributed by atoms with Crippen molar-refractivity contribution in [2.45, 2.75) is 25.7 Å². The van der Waals surface area contributed by atoms with Gasteiger partial charge in [-0.25, -0.2) is 9.59 Å². The number of hydrogen-bond acceptors (Lipinski definition) is 5. The topological polar surface area (TPSA) is 96.1 Å². The van der Waals surface area contributed by atoms with E-state index < -0.39 is 12.1 Å². The molecular formula is C17H24F3N3O4. The largest absolute Gasteiger partial charge is 0.490 e. The minimum atomic E-state index is -5.08. The third-order valence-corrected chi connectivity index (χ3v) is 3.62. The molecule has 1 heterocycles. The molecule has 7 nitrogen and oxygen atoms in total. The van der Waals surface area contributed by atoms with Crippen molar-refractivity contribution in [1.29, 1.82) is 0 Å². The van der Waals surface area contributed by atoms with Gasteiger partial charge in [-0.3, -0.25) is 4.90 Å². The van der Waals surface area contributed by atoms with Gasteiger partial charge in [-0.05, 0) is 12.5 Å². The van der Waals surface area contributed by atoms with Crippen LogP contribution >= 0.6 is 0 Å². The van der Waals surface area contributed by atoms with Crippen LogP contribution in [0.5, 0.6) is 0 Å². The molecule has 152 valence electrons. The van der Waals surface area contributed by atoms with Crippen molar-refractivity contribution in [2.75, 3.05) is 32.7 Å². The predicted octanol–water partition coefficient (Wildman–Crippen LogP) is 1.92. The lowest BCUT2D eigenvalue weighted by atomic mass is 10.2. The molecule has 0 radical (unpaired) electrons. The van der Waals surface area contributed by atoms with Crippen molar-refractivity contribution < 1.29 is 32.6 Å². The number of amides is 1. The molecule has 10 heteroatoms. The molecule has 0 bridgehead atoms. The molecule has 1 aliphatic heterocycles. The summed E-state index contributed by atoms with van der Waals surface area (Å²) in [5, 5.41) is 7.12. The molecule has 0 unspecified atom stereocenters. The van der Waals surface area contributed by atoms with Crippen molar-refractivity contribution in [3.63, 3.8) is 0 Å². The van der Waals surface area contributed by atoms with Gasteiger partial charge in [0, 0.05) is 38.8 Å². The SMILES string of the molecule is C[C@@H](N)CN1CCN(C(=O)OCc2ccccc2)CC1.O=C(O)C(F)(F)F. The minimum absolute atomic E-state index is 0.173. The molecule has 3 N–H and O–H groups in total. The number of nitrogens with two attached hydrogens (primary N) is 1. The van der Waals surface area contributed by atoms with Crippen molar-refractivity contribution in [1.82, 2.24) is 9.80 Å². The highest BCUT2D eigenvalue weighted by atomic mass is 19.4. The maximum absolute atomic E-state index is 12.0. The van der Waals surface area contributed by atoms with Gasteiger partial charge in [0.25, 0.3) is 0 Å². The number of carboxylic acids is 1. The van der Waals surface area contributed by atoms with E-state index in [1.807, 2.05) is 37.3 Å². The van der Waals surface area contributed by atoms with Gasteiger partial charge in [0.15, 0.2) is 0 Å². The molecule has 1 fully saturated rings. The standard InChI is InChI=1S/C15H23N3O2.C2HF3O2/c1-13(16)11-17-7-9-18(10-8-17)15(19)20-12-14-5-3-2-4-6-14;3-2(4,5)1(6)7/h2-6,13H,7-12,16H2,1H3;(H,6,7)/t13-;/m1./s1. The molecule has 0 spiro atoms. The van der Waals surface area contributed by atoms with Crippen LogP contribution in [-0.4, -0.2) is 71.9 Å². The van der Waals surface area contributed by atoms with Crippen LogP contribution in [0.3, 0.4) is 0 Å². The Morgan fingerprint density at radius 1 is 1.19 bits per heavy atom. The maximum Gasteiger partial charge on any atom is 0.490 e. The second-order valence-electron chi connectivity index (χ2n) is 6.11. The Morgan fingerprint density at radius 3 is 2.15 bits per heavy atom. The first kappa shape index (κ1) is 22.7. The van der Waals surface area contributed by atoms with E-state index in [1.165, 1.54) is 0 Å². The lowest BCUT2D eigenvalue weighted by molar-refractivity contribution is -0.192. The van der Waals surface area contributed by atoms with Crippen LogP contribution in [-0.2, 0) is 16.1 Å². The summed E-state index contributed by atoms with van der Waals surface area (Å²) in [6.45, 7) is 6.36. The molecule has 0 aliphatic carbocycles. The molecule has 1 saturated heterocycles. The smallest absolute Gasteiger partial charge is 0.475 e. The van der Waals surface area contributed by atoms with E-state index in [1.54, 1.807) is 4.90 Å². The second-order valence-corrected chi connectivity index (χ2v) is 6.11. The molecule has 0 aromatic heterocycles. The van der Waals surface area contributed by atoms with E-state index in [2.05, 4.69) is 4.90 Å². The number of ether oxygens (including phenoxy) is 1. The zero-order valence-corrected chi connectivity index (χ0v) is 15.0. The highest BCUT2D eigenvalue weighted by Crippen LogP contribution is 2.13. The molecule has 1 aliphatic rings. The lowest BCUT2D eigenvalue weighted by Crippen LogP contribution is -2.51. The van der Waals surface area contributed by atoms with E-state index in [9.17, 15) is 18.0 Å². The number of carboxylic acid groups (broad SMARTS) is 1. The summed E-state index contributed by atoms with van der Waals surface area (Å²) in [5.74, 6) is -2.76. The fraction of sp³-hybridized carbons (Fsp3) is 0.529. The zero-order valence-electron chi connectivity index (χ0n) is 15.0. The maximum atomic E-state index is 12.0. The summed E-state index contributed by atoms with van der Waals surface area (Å²) < 4.78 is 37.1. The van der Waals surface area contributed by atoms with Gasteiger partial charge in [-0.1, -0.05) is 30.3 Å². The van der Waals surface area contributed by atoms with Crippen molar-refractivity contribution in [3.05, 3.63) is 35.9 Å². The molecule has 1 aromatic carbocycles. The van der Waals surface area contributed by atoms with Gasteiger partial charge in [-0.2, -0.15) is 13.2 Å². The summed E-state index contributed by atoms with van der Waals surface area (Å²) in [6, 6.07) is 9.91. The molecule has 2 rings (SSSR count). The Kier molecular flexibility index (Phi) is 9.03. The average molecular weight is 391 g/mol. The predicted molar refractivity (Wildman–Crippen MR) is 92.0 cm³/mol. The molecular weight excluding hydrogens is 367 g/mol. The number of alkyl halides is 3. The molecule has 1 atom stereocenters. The number of nitrogens with zero attached hydrogens (tertiary/aromatic N) is 2. The van der Waals surface area contributed by atoms with Crippen LogP contribution in [0.1, 0.15) is 12.5 Å². The highest BCUT2D eigenvalue weighted by Gasteiger charge is 2.38. The Balaban J connectivity index is 0.000000445. The normalized spacial score (nSPS) is 16.1. The number of aliphatic carboxylic acids is 1. The van der Waals surface area contributed by atoms with E-state index in [0.29, 0.717) is 19.7 Å². The summed E-state index contributed by atoms with van der Waals surface area (Å²) in [5.41, 5.74) is 6.79. The van der Waals surface area contributed by atoms with Gasteiger partial charge in [0.2, 0.25) is 0 Å². The Labute approximate surface area is 155 Å². The number of hydrogen-bond donors (Lipinski definition) is 2. The fourth-order valence-electron chi connectivity index (χ4n) is 2.33. The highest BCUT2D eigenvalue weighted by molar-refractivity contribution is 5.73. The van der Waals surface area contributed by atoms with Gasteiger partial charge in [0.1, 0.15) is 6.61 Å². The van der Waals surface area contributed by atoms with Gasteiger partial charge in [-0.15, -0.1) is 0 Å². The summed E-state index contributed by atoms with van der Waals surface area (Å²) in [7, 11) is 0. The first-order chi connectivity index (χ1) is 12.6. The van der Waals surface area contributed by atoms with E-state index in [4.69, 9.17) is 20.4 Å². The monoisotopic (exact) mass is 391 g/mol. The second kappa shape index (κ2) is 10.7. The average Bonchev–Trinajstić information content (AvgIpc) is 2.60. The van der Waals surface area contributed by atoms with Gasteiger partial charge < -0.3 is 20.5 Å². The van der Waals surface area contributed by atoms with Crippen molar-refractivity contribution in [2.24, 2.45) is 5.73 Å². The van der Waals surface area contributed by atoms with E-state index >= 15 is 0 Å². The molecule has 27 heavy (non-hydrogen) atoms. The quantitative estimate of drug-likeness (QED) is 0.814. The number of rotatable bonds is 4. The molecule has 1 aromatic rings. The minimum Gasteiger partial charge on any atom is -0.475 e. The Bertz CT molecular complexity index is 589. The number of carbonyl (C=O) groups excluding carboxylic acids is 1. The Hall–Kier alpha value is -2.33. The van der Waals surface area contributed by atoms with Crippen LogP contribution in [0.25, 0.3) is 0 Å². The summed E-state index contributed by atoms with van der Waals surface area (Å²) >= 11 is 0. The fourth-order valence-corrected chi connectivity index (χ4v) is 2.33. The van der Waals surface area contributed by atoms with Crippen molar-refractivity contribution >= 4 is 12.1 Å². The lowest BCUT2D eigenvalue weighted by Gasteiger charge is -2.34. The molecule has 0 saturated carbocycles. The third kappa shape index (κ3) is 9.25. The zero-order chi connectivity index (χ0) is 20.4. The first-order valence-electron chi connectivity index (χ1n) is 8.33. The number of carbonyl (C=O) groups is 2. The summed E-state index contributed by atoms with van der Waals surface area (Å²) in [6.07, 6.45) is -5.31. The van der Waals surface area contributed by atoms with Crippen LogP contribution < -0.4 is 5.73 Å². The third-order valence-electron chi connectivity index (χ3n) is 3.62. The number of halogens is 3. The first-order valence-corrected chi connectivity index (χ1v) is 8.33. The Morgan fingerprint density at radius 2 is 1.70 bits per heavy atom. The van der Waals surface area contributed by atoms with Crippen LogP contribution in [0.4, 0.5) is 18.0 Å². The van der Waals surface area contributed by atoms with E-state index in [-0.39, 0.29) is 12.1 Å².